The SMILES string of the molecule is COC(OC)C1CCN(c2ccc(C3=CCCc4c3ccc3c4cnn3Cc3ccccc3)cc2)CC1. The number of methoxy groups -OCH3 is 2. The van der Waals surface area contributed by atoms with Crippen molar-refractivity contribution >= 4 is 22.2 Å². The van der Waals surface area contributed by atoms with E-state index in [1.165, 1.54) is 44.4 Å². The molecule has 2 aliphatic rings. The van der Waals surface area contributed by atoms with E-state index < -0.39 is 0 Å². The van der Waals surface area contributed by atoms with Crippen LogP contribution in [0.25, 0.3) is 16.5 Å². The molecule has 0 bridgehead atoms. The summed E-state index contributed by atoms with van der Waals surface area (Å²) in [5.74, 6) is 0.461. The smallest absolute Gasteiger partial charge is 0.159 e. The quantitative estimate of drug-likeness (QED) is 0.283. The Labute approximate surface area is 219 Å². The highest BCUT2D eigenvalue weighted by molar-refractivity contribution is 5.92. The first-order valence-corrected chi connectivity index (χ1v) is 13.4. The van der Waals surface area contributed by atoms with E-state index >= 15 is 0 Å². The van der Waals surface area contributed by atoms with Crippen LogP contribution < -0.4 is 4.90 Å². The lowest BCUT2D eigenvalue weighted by Crippen LogP contribution is -2.39. The number of fused-ring (bicyclic) bond motifs is 3. The molecule has 0 spiro atoms. The number of aromatic nitrogens is 2. The van der Waals surface area contributed by atoms with Crippen molar-refractivity contribution in [2.45, 2.75) is 38.5 Å². The first-order valence-electron chi connectivity index (χ1n) is 13.4. The second-order valence-electron chi connectivity index (χ2n) is 10.2. The fourth-order valence-corrected chi connectivity index (χ4v) is 6.12. The zero-order chi connectivity index (χ0) is 25.2. The predicted molar refractivity (Wildman–Crippen MR) is 150 cm³/mol. The van der Waals surface area contributed by atoms with Gasteiger partial charge in [0.05, 0.1) is 18.3 Å². The molecule has 0 N–H and O–H groups in total. The van der Waals surface area contributed by atoms with Crippen LogP contribution in [0.1, 0.15) is 41.5 Å². The molecule has 0 saturated carbocycles. The number of benzene rings is 3. The van der Waals surface area contributed by atoms with Crippen LogP contribution in [0.4, 0.5) is 5.69 Å². The summed E-state index contributed by atoms with van der Waals surface area (Å²) < 4.78 is 13.1. The lowest BCUT2D eigenvalue weighted by molar-refractivity contribution is -0.141. The highest BCUT2D eigenvalue weighted by Gasteiger charge is 2.27. The largest absolute Gasteiger partial charge is 0.372 e. The summed E-state index contributed by atoms with van der Waals surface area (Å²) in [7, 11) is 3.47. The fraction of sp³-hybridized carbons (Fsp3) is 0.344. The number of piperidine rings is 1. The first kappa shape index (κ1) is 24.0. The van der Waals surface area contributed by atoms with E-state index in [2.05, 4.69) is 88.6 Å². The molecule has 4 aromatic rings. The zero-order valence-electron chi connectivity index (χ0n) is 21.8. The van der Waals surface area contributed by atoms with Gasteiger partial charge in [0.1, 0.15) is 0 Å². The minimum Gasteiger partial charge on any atom is -0.372 e. The van der Waals surface area contributed by atoms with Crippen LogP contribution in [0.3, 0.4) is 0 Å². The molecule has 0 amide bonds. The van der Waals surface area contributed by atoms with Gasteiger partial charge in [-0.3, -0.25) is 4.68 Å². The van der Waals surface area contributed by atoms with Crippen molar-refractivity contribution in [2.24, 2.45) is 5.92 Å². The lowest BCUT2D eigenvalue weighted by atomic mass is 9.85. The Hall–Kier alpha value is -3.41. The number of hydrogen-bond acceptors (Lipinski definition) is 4. The van der Waals surface area contributed by atoms with E-state index in [0.717, 1.165) is 45.3 Å². The van der Waals surface area contributed by atoms with Gasteiger partial charge in [-0.2, -0.15) is 5.10 Å². The van der Waals surface area contributed by atoms with Gasteiger partial charge >= 0.3 is 0 Å². The Kier molecular flexibility index (Phi) is 6.81. The molecule has 5 nitrogen and oxygen atoms in total. The highest BCUT2D eigenvalue weighted by atomic mass is 16.7. The molecule has 5 heteroatoms. The monoisotopic (exact) mass is 493 g/mol. The molecule has 6 rings (SSSR count). The van der Waals surface area contributed by atoms with Crippen LogP contribution in [-0.4, -0.2) is 43.4 Å². The number of hydrogen-bond donors (Lipinski definition) is 0. The molecule has 0 atom stereocenters. The summed E-state index contributed by atoms with van der Waals surface area (Å²) in [5.41, 5.74) is 9.17. The molecule has 1 aliphatic carbocycles. The van der Waals surface area contributed by atoms with Crippen LogP contribution in [-0.2, 0) is 22.4 Å². The maximum Gasteiger partial charge on any atom is 0.159 e. The summed E-state index contributed by atoms with van der Waals surface area (Å²) in [6, 6.07) is 24.2. The highest BCUT2D eigenvalue weighted by Crippen LogP contribution is 2.37. The van der Waals surface area contributed by atoms with Gasteiger partial charge in [0.2, 0.25) is 0 Å². The van der Waals surface area contributed by atoms with E-state index in [0.29, 0.717) is 5.92 Å². The molecule has 3 aromatic carbocycles. The average Bonchev–Trinajstić information content (AvgIpc) is 3.37. The number of rotatable bonds is 7. The molecular weight excluding hydrogens is 458 g/mol. The molecule has 2 heterocycles. The van der Waals surface area contributed by atoms with Crippen LogP contribution in [0.5, 0.6) is 0 Å². The number of nitrogens with zero attached hydrogens (tertiary/aromatic N) is 3. The minimum absolute atomic E-state index is 0.0975. The maximum atomic E-state index is 5.49. The molecule has 1 saturated heterocycles. The molecule has 1 aromatic heterocycles. The van der Waals surface area contributed by atoms with E-state index in [4.69, 9.17) is 14.6 Å². The van der Waals surface area contributed by atoms with Crippen molar-refractivity contribution in [1.29, 1.82) is 0 Å². The normalized spacial score (nSPS) is 16.3. The number of allylic oxidation sites excluding steroid dienone is 1. The van der Waals surface area contributed by atoms with Gasteiger partial charge < -0.3 is 14.4 Å². The Morgan fingerprint density at radius 1 is 0.919 bits per heavy atom. The molecule has 0 unspecified atom stereocenters. The Balaban J connectivity index is 1.21. The summed E-state index contributed by atoms with van der Waals surface area (Å²) in [4.78, 5) is 2.48. The maximum absolute atomic E-state index is 5.49. The van der Waals surface area contributed by atoms with Crippen molar-refractivity contribution < 1.29 is 9.47 Å². The molecule has 0 radical (unpaired) electrons. The predicted octanol–water partition coefficient (Wildman–Crippen LogP) is 6.30. The van der Waals surface area contributed by atoms with Gasteiger partial charge in [-0.25, -0.2) is 0 Å². The van der Waals surface area contributed by atoms with E-state index in [-0.39, 0.29) is 6.29 Å². The first-order chi connectivity index (χ1) is 18.2. The van der Waals surface area contributed by atoms with Crippen molar-refractivity contribution in [3.63, 3.8) is 0 Å². The summed E-state index contributed by atoms with van der Waals surface area (Å²) in [5, 5.41) is 6.04. The molecular formula is C32H35N3O2. The second kappa shape index (κ2) is 10.5. The number of aryl methyl sites for hydroxylation is 1. The van der Waals surface area contributed by atoms with Gasteiger partial charge in [0, 0.05) is 44.3 Å². The lowest BCUT2D eigenvalue weighted by Gasteiger charge is -2.36. The van der Waals surface area contributed by atoms with E-state index in [1.54, 1.807) is 14.2 Å². The van der Waals surface area contributed by atoms with Crippen LogP contribution in [0, 0.1) is 5.92 Å². The average molecular weight is 494 g/mol. The van der Waals surface area contributed by atoms with Crippen LogP contribution in [0.2, 0.25) is 0 Å². The zero-order valence-corrected chi connectivity index (χ0v) is 21.8. The van der Waals surface area contributed by atoms with Gasteiger partial charge in [-0.1, -0.05) is 54.6 Å². The third kappa shape index (κ3) is 4.70. The third-order valence-corrected chi connectivity index (χ3v) is 8.08. The topological polar surface area (TPSA) is 39.5 Å². The van der Waals surface area contributed by atoms with Crippen molar-refractivity contribution in [3.8, 4) is 0 Å². The Bertz CT molecular complexity index is 1380. The van der Waals surface area contributed by atoms with Crippen molar-refractivity contribution in [2.75, 3.05) is 32.2 Å². The van der Waals surface area contributed by atoms with Gasteiger partial charge in [0.15, 0.2) is 6.29 Å². The summed E-state index contributed by atoms with van der Waals surface area (Å²) >= 11 is 0. The van der Waals surface area contributed by atoms with E-state index in [1.807, 2.05) is 0 Å². The Morgan fingerprint density at radius 2 is 1.68 bits per heavy atom. The Morgan fingerprint density at radius 3 is 2.41 bits per heavy atom. The fourth-order valence-electron chi connectivity index (χ4n) is 6.12. The minimum atomic E-state index is -0.0975. The molecule has 1 fully saturated rings. The summed E-state index contributed by atoms with van der Waals surface area (Å²) in [6.45, 7) is 2.86. The van der Waals surface area contributed by atoms with E-state index in [9.17, 15) is 0 Å². The van der Waals surface area contributed by atoms with Crippen LogP contribution >= 0.6 is 0 Å². The standard InChI is InChI=1S/C32H35N3O2/c1-36-32(37-2)25-17-19-34(20-18-25)26-13-11-24(12-14-26)27-9-6-10-28-29(27)15-16-31-30(28)21-33-35(31)22-23-7-4-3-5-8-23/h3-5,7-9,11-16,21,25,32H,6,10,17-20,22H2,1-2H3. The summed E-state index contributed by atoms with van der Waals surface area (Å²) in [6.07, 6.45) is 8.65. The molecule has 1 aliphatic heterocycles. The number of anilines is 1. The third-order valence-electron chi connectivity index (χ3n) is 8.08. The van der Waals surface area contributed by atoms with Crippen molar-refractivity contribution in [3.05, 3.63) is 101 Å². The number of ether oxygens (including phenoxy) is 2. The molecule has 190 valence electrons. The van der Waals surface area contributed by atoms with Gasteiger partial charge in [-0.05, 0) is 71.7 Å². The molecule has 37 heavy (non-hydrogen) atoms. The van der Waals surface area contributed by atoms with Crippen LogP contribution in [0.15, 0.2) is 79.0 Å². The van der Waals surface area contributed by atoms with Crippen molar-refractivity contribution in [1.82, 2.24) is 9.78 Å². The van der Waals surface area contributed by atoms with Gasteiger partial charge in [-0.15, -0.1) is 0 Å². The van der Waals surface area contributed by atoms with Gasteiger partial charge in [0.25, 0.3) is 0 Å². The second-order valence-corrected chi connectivity index (χ2v) is 10.2.